The second-order valence-electron chi connectivity index (χ2n) is 6.33. The van der Waals surface area contributed by atoms with E-state index in [-0.39, 0.29) is 5.69 Å². The van der Waals surface area contributed by atoms with Crippen LogP contribution < -0.4 is 15.6 Å². The first-order valence-corrected chi connectivity index (χ1v) is 9.05. The maximum absolute atomic E-state index is 12.5. The van der Waals surface area contributed by atoms with Gasteiger partial charge in [0.1, 0.15) is 11.4 Å². The van der Waals surface area contributed by atoms with Crippen LogP contribution >= 0.6 is 0 Å². The first-order valence-electron chi connectivity index (χ1n) is 9.05. The zero-order valence-corrected chi connectivity index (χ0v) is 16.0. The van der Waals surface area contributed by atoms with Crippen LogP contribution in [0, 0.1) is 0 Å². The standard InChI is InChI=1S/C21H18N6O3/c1-30-15-9-7-13(8-10-15)17-11-18(24-23-17)21(29)27-26-20(28)16-12-22-25-19(16)14-5-3-2-4-6-14/h2-12H,1H3,(H,22,25)(H,23,24)(H,26,28)(H,27,29). The van der Waals surface area contributed by atoms with Gasteiger partial charge in [-0.05, 0) is 30.3 Å². The lowest BCUT2D eigenvalue weighted by atomic mass is 10.1. The van der Waals surface area contributed by atoms with Crippen LogP contribution in [0.5, 0.6) is 5.75 Å². The molecule has 2 aromatic heterocycles. The van der Waals surface area contributed by atoms with Crippen LogP contribution in [-0.2, 0) is 0 Å². The molecule has 0 saturated carbocycles. The number of hydrogen-bond acceptors (Lipinski definition) is 5. The van der Waals surface area contributed by atoms with Gasteiger partial charge in [0.15, 0.2) is 0 Å². The number of aromatic nitrogens is 4. The molecule has 4 N–H and O–H groups in total. The fourth-order valence-corrected chi connectivity index (χ4v) is 2.88. The quantitative estimate of drug-likeness (QED) is 0.382. The van der Waals surface area contributed by atoms with E-state index in [9.17, 15) is 9.59 Å². The van der Waals surface area contributed by atoms with Gasteiger partial charge in [-0.25, -0.2) is 0 Å². The van der Waals surface area contributed by atoms with Gasteiger partial charge < -0.3 is 4.74 Å². The minimum Gasteiger partial charge on any atom is -0.497 e. The molecule has 0 aliphatic heterocycles. The average molecular weight is 402 g/mol. The van der Waals surface area contributed by atoms with E-state index in [0.717, 1.165) is 16.9 Å². The number of aromatic amines is 2. The molecule has 2 heterocycles. The van der Waals surface area contributed by atoms with Crippen LogP contribution in [0.25, 0.3) is 22.5 Å². The van der Waals surface area contributed by atoms with E-state index in [4.69, 9.17) is 4.74 Å². The van der Waals surface area contributed by atoms with E-state index >= 15 is 0 Å². The Morgan fingerprint density at radius 1 is 0.900 bits per heavy atom. The van der Waals surface area contributed by atoms with Gasteiger partial charge >= 0.3 is 0 Å². The molecule has 0 spiro atoms. The predicted molar refractivity (Wildman–Crippen MR) is 110 cm³/mol. The summed E-state index contributed by atoms with van der Waals surface area (Å²) in [7, 11) is 1.59. The fraction of sp³-hybridized carbons (Fsp3) is 0.0476. The summed E-state index contributed by atoms with van der Waals surface area (Å²) in [6.45, 7) is 0. The van der Waals surface area contributed by atoms with E-state index in [1.165, 1.54) is 6.20 Å². The smallest absolute Gasteiger partial charge is 0.287 e. The summed E-state index contributed by atoms with van der Waals surface area (Å²) in [4.78, 5) is 24.9. The largest absolute Gasteiger partial charge is 0.497 e. The molecule has 30 heavy (non-hydrogen) atoms. The number of ether oxygens (including phenoxy) is 1. The molecule has 2 amide bonds. The third-order valence-electron chi connectivity index (χ3n) is 4.44. The Hall–Kier alpha value is -4.40. The lowest BCUT2D eigenvalue weighted by Gasteiger charge is -2.06. The van der Waals surface area contributed by atoms with Gasteiger partial charge in [0, 0.05) is 11.1 Å². The summed E-state index contributed by atoms with van der Waals surface area (Å²) >= 11 is 0. The Balaban J connectivity index is 1.41. The molecule has 4 rings (SSSR count). The topological polar surface area (TPSA) is 125 Å². The highest BCUT2D eigenvalue weighted by molar-refractivity contribution is 6.02. The van der Waals surface area contributed by atoms with E-state index in [1.54, 1.807) is 25.3 Å². The van der Waals surface area contributed by atoms with Crippen molar-refractivity contribution in [2.75, 3.05) is 7.11 Å². The molecule has 4 aromatic rings. The van der Waals surface area contributed by atoms with Crippen LogP contribution in [0.1, 0.15) is 20.8 Å². The second-order valence-corrected chi connectivity index (χ2v) is 6.33. The van der Waals surface area contributed by atoms with Crippen molar-refractivity contribution in [3.05, 3.63) is 78.1 Å². The Kier molecular flexibility index (Phi) is 5.25. The zero-order chi connectivity index (χ0) is 20.9. The van der Waals surface area contributed by atoms with Crippen molar-refractivity contribution >= 4 is 11.8 Å². The Labute approximate surface area is 171 Å². The molecule has 0 unspecified atom stereocenters. The monoisotopic (exact) mass is 402 g/mol. The summed E-state index contributed by atoms with van der Waals surface area (Å²) in [5.41, 5.74) is 8.07. The second kappa shape index (κ2) is 8.31. The van der Waals surface area contributed by atoms with Crippen LogP contribution in [-0.4, -0.2) is 39.3 Å². The molecule has 0 saturated heterocycles. The van der Waals surface area contributed by atoms with Crippen LogP contribution in [0.3, 0.4) is 0 Å². The highest BCUT2D eigenvalue weighted by Crippen LogP contribution is 2.22. The van der Waals surface area contributed by atoms with Gasteiger partial charge in [0.25, 0.3) is 11.8 Å². The lowest BCUT2D eigenvalue weighted by molar-refractivity contribution is 0.0844. The van der Waals surface area contributed by atoms with Gasteiger partial charge in [0.05, 0.1) is 30.3 Å². The number of hydrazine groups is 1. The van der Waals surface area contributed by atoms with Crippen molar-refractivity contribution in [3.8, 4) is 28.3 Å². The highest BCUT2D eigenvalue weighted by atomic mass is 16.5. The maximum atomic E-state index is 12.5. The number of hydrogen-bond donors (Lipinski definition) is 4. The number of nitrogens with zero attached hydrogens (tertiary/aromatic N) is 2. The normalized spacial score (nSPS) is 10.4. The van der Waals surface area contributed by atoms with Crippen molar-refractivity contribution < 1.29 is 14.3 Å². The molecule has 0 aliphatic rings. The molecular weight excluding hydrogens is 384 g/mol. The third kappa shape index (κ3) is 3.90. The SMILES string of the molecule is COc1ccc(-c2cc(C(=O)NNC(=O)c3cn[nH]c3-c3ccccc3)[nH]n2)cc1. The molecule has 9 nitrogen and oxygen atoms in total. The molecule has 150 valence electrons. The van der Waals surface area contributed by atoms with Crippen molar-refractivity contribution in [1.82, 2.24) is 31.2 Å². The third-order valence-corrected chi connectivity index (χ3v) is 4.44. The van der Waals surface area contributed by atoms with Gasteiger partial charge in [-0.3, -0.25) is 30.6 Å². The molecule has 9 heteroatoms. The molecule has 0 aliphatic carbocycles. The first-order chi connectivity index (χ1) is 14.7. The molecule has 0 bridgehead atoms. The Morgan fingerprint density at radius 2 is 1.63 bits per heavy atom. The number of methoxy groups -OCH3 is 1. The van der Waals surface area contributed by atoms with E-state index in [0.29, 0.717) is 17.0 Å². The molecule has 0 radical (unpaired) electrons. The molecular formula is C21H18N6O3. The zero-order valence-electron chi connectivity index (χ0n) is 16.0. The maximum Gasteiger partial charge on any atom is 0.287 e. The number of carbonyl (C=O) groups excluding carboxylic acids is 2. The van der Waals surface area contributed by atoms with Gasteiger partial charge in [0.2, 0.25) is 0 Å². The van der Waals surface area contributed by atoms with Crippen molar-refractivity contribution in [2.45, 2.75) is 0 Å². The number of amides is 2. The van der Waals surface area contributed by atoms with E-state index in [2.05, 4.69) is 31.2 Å². The molecule has 2 aromatic carbocycles. The molecule has 0 fully saturated rings. The van der Waals surface area contributed by atoms with Crippen LogP contribution in [0.15, 0.2) is 66.9 Å². The van der Waals surface area contributed by atoms with Crippen molar-refractivity contribution in [2.24, 2.45) is 0 Å². The first kappa shape index (κ1) is 18.9. The summed E-state index contributed by atoms with van der Waals surface area (Å²) in [5, 5.41) is 13.5. The van der Waals surface area contributed by atoms with Crippen LogP contribution in [0.4, 0.5) is 0 Å². The van der Waals surface area contributed by atoms with Crippen molar-refractivity contribution in [3.63, 3.8) is 0 Å². The van der Waals surface area contributed by atoms with E-state index in [1.807, 2.05) is 42.5 Å². The number of rotatable bonds is 5. The lowest BCUT2D eigenvalue weighted by Crippen LogP contribution is -2.41. The minimum absolute atomic E-state index is 0.205. The van der Waals surface area contributed by atoms with Gasteiger partial charge in [-0.1, -0.05) is 30.3 Å². The number of nitrogens with one attached hydrogen (secondary N) is 4. The van der Waals surface area contributed by atoms with Gasteiger partial charge in [-0.15, -0.1) is 0 Å². The molecule has 0 atom stereocenters. The summed E-state index contributed by atoms with van der Waals surface area (Å²) in [6, 6.07) is 18.2. The van der Waals surface area contributed by atoms with Crippen LogP contribution in [0.2, 0.25) is 0 Å². The fourth-order valence-electron chi connectivity index (χ4n) is 2.88. The summed E-state index contributed by atoms with van der Waals surface area (Å²) < 4.78 is 5.13. The number of benzene rings is 2. The van der Waals surface area contributed by atoms with E-state index < -0.39 is 11.8 Å². The summed E-state index contributed by atoms with van der Waals surface area (Å²) in [6.07, 6.45) is 1.40. The van der Waals surface area contributed by atoms with Crippen molar-refractivity contribution in [1.29, 1.82) is 0 Å². The number of H-pyrrole nitrogens is 2. The average Bonchev–Trinajstić information content (AvgIpc) is 3.48. The Bertz CT molecular complexity index is 1160. The number of carbonyl (C=O) groups is 2. The Morgan fingerprint density at radius 3 is 2.37 bits per heavy atom. The summed E-state index contributed by atoms with van der Waals surface area (Å²) in [5.74, 6) is -0.296. The highest BCUT2D eigenvalue weighted by Gasteiger charge is 2.17. The minimum atomic E-state index is -0.527. The predicted octanol–water partition coefficient (Wildman–Crippen LogP) is 2.55. The van der Waals surface area contributed by atoms with Gasteiger partial charge in [-0.2, -0.15) is 10.2 Å².